The van der Waals surface area contributed by atoms with Crippen molar-refractivity contribution in [3.8, 4) is 5.75 Å². The second-order valence-corrected chi connectivity index (χ2v) is 6.96. The van der Waals surface area contributed by atoms with Crippen LogP contribution in [0.1, 0.15) is 36.1 Å². The molecule has 0 aromatic heterocycles. The van der Waals surface area contributed by atoms with Crippen LogP contribution in [0.25, 0.3) is 0 Å². The van der Waals surface area contributed by atoms with Gasteiger partial charge < -0.3 is 19.7 Å². The average Bonchev–Trinajstić information content (AvgIpc) is 2.67. The third kappa shape index (κ3) is 4.68. The molecule has 0 aliphatic carbocycles. The van der Waals surface area contributed by atoms with Gasteiger partial charge in [-0.25, -0.2) is 0 Å². The fraction of sp³-hybridized carbons (Fsp3) is 0.381. The van der Waals surface area contributed by atoms with Crippen molar-refractivity contribution in [1.82, 2.24) is 0 Å². The zero-order chi connectivity index (χ0) is 19.4. The molecule has 2 N–H and O–H groups in total. The Labute approximate surface area is 163 Å². The largest absolute Gasteiger partial charge is 0.494 e. The first-order chi connectivity index (χ1) is 13.0. The molecule has 3 rings (SSSR count). The molecule has 1 heterocycles. The van der Waals surface area contributed by atoms with E-state index >= 15 is 0 Å². The molecule has 0 saturated carbocycles. The highest BCUT2D eigenvalue weighted by Gasteiger charge is 2.36. The molecule has 144 valence electrons. The summed E-state index contributed by atoms with van der Waals surface area (Å²) in [6.07, 6.45) is -1.79. The van der Waals surface area contributed by atoms with Gasteiger partial charge in [0.1, 0.15) is 18.0 Å². The van der Waals surface area contributed by atoms with E-state index in [0.717, 1.165) is 22.4 Å². The van der Waals surface area contributed by atoms with Gasteiger partial charge in [-0.05, 0) is 48.2 Å². The summed E-state index contributed by atoms with van der Waals surface area (Å²) in [5.41, 5.74) is 2.84. The molecule has 2 aromatic rings. The van der Waals surface area contributed by atoms with E-state index < -0.39 is 30.7 Å². The number of carbonyl (C=O) groups is 1. The number of hydrogen-bond donors (Lipinski definition) is 2. The fourth-order valence-electron chi connectivity index (χ4n) is 3.22. The summed E-state index contributed by atoms with van der Waals surface area (Å²) in [6, 6.07) is 13.4. The molecular formula is C21H23ClO5. The maximum Gasteiger partial charge on any atom is 0.192 e. The Hall–Kier alpha value is -1.92. The second-order valence-electron chi connectivity index (χ2n) is 6.55. The van der Waals surface area contributed by atoms with Crippen LogP contribution >= 0.6 is 11.6 Å². The molecule has 0 unspecified atom stereocenters. The topological polar surface area (TPSA) is 76.0 Å². The standard InChI is InChI=1S/C21H23ClO5/c1-2-26-16-6-3-13(4-7-16)9-15-10-14(5-8-17(15)22)19-11-18(24)21(25)20(12-23)27-19/h3-8,10,18-20,23-24H,2,9,11-12H2,1H3/t18-,19-,20-/m1/s1. The number of aliphatic hydroxyl groups excluding tert-OH is 2. The molecule has 1 aliphatic heterocycles. The van der Waals surface area contributed by atoms with Crippen LogP contribution in [-0.4, -0.2) is 41.4 Å². The summed E-state index contributed by atoms with van der Waals surface area (Å²) in [5.74, 6) is 0.350. The molecule has 0 amide bonds. The van der Waals surface area contributed by atoms with Crippen LogP contribution in [0.5, 0.6) is 5.75 Å². The molecule has 0 radical (unpaired) electrons. The summed E-state index contributed by atoms with van der Waals surface area (Å²) in [7, 11) is 0. The van der Waals surface area contributed by atoms with Gasteiger partial charge in [-0.1, -0.05) is 35.9 Å². The van der Waals surface area contributed by atoms with E-state index in [1.807, 2.05) is 43.3 Å². The van der Waals surface area contributed by atoms with Crippen LogP contribution < -0.4 is 4.74 Å². The lowest BCUT2D eigenvalue weighted by molar-refractivity contribution is -0.161. The second kappa shape index (κ2) is 8.85. The van der Waals surface area contributed by atoms with Crippen molar-refractivity contribution in [3.05, 3.63) is 64.2 Å². The number of carbonyl (C=O) groups excluding carboxylic acids is 1. The SMILES string of the molecule is CCOc1ccc(Cc2cc([C@H]3C[C@@H](O)C(=O)[C@@H](CO)O3)ccc2Cl)cc1. The highest BCUT2D eigenvalue weighted by atomic mass is 35.5. The number of hydrogen-bond acceptors (Lipinski definition) is 5. The normalized spacial score (nSPS) is 22.7. The van der Waals surface area contributed by atoms with Crippen LogP contribution in [0, 0.1) is 0 Å². The minimum Gasteiger partial charge on any atom is -0.494 e. The van der Waals surface area contributed by atoms with Crippen molar-refractivity contribution >= 4 is 17.4 Å². The number of aliphatic hydroxyl groups is 2. The zero-order valence-corrected chi connectivity index (χ0v) is 15.9. The number of ether oxygens (including phenoxy) is 2. The average molecular weight is 391 g/mol. The van der Waals surface area contributed by atoms with E-state index in [0.29, 0.717) is 18.1 Å². The number of halogens is 1. The Morgan fingerprint density at radius 2 is 1.96 bits per heavy atom. The van der Waals surface area contributed by atoms with E-state index in [4.69, 9.17) is 21.1 Å². The van der Waals surface area contributed by atoms with Crippen molar-refractivity contribution in [2.75, 3.05) is 13.2 Å². The van der Waals surface area contributed by atoms with Gasteiger partial charge in [-0.15, -0.1) is 0 Å². The summed E-state index contributed by atoms with van der Waals surface area (Å²) in [4.78, 5) is 11.8. The molecule has 2 aromatic carbocycles. The van der Waals surface area contributed by atoms with E-state index in [2.05, 4.69) is 0 Å². The van der Waals surface area contributed by atoms with Gasteiger partial charge in [0.15, 0.2) is 5.78 Å². The van der Waals surface area contributed by atoms with Crippen molar-refractivity contribution in [2.24, 2.45) is 0 Å². The minimum atomic E-state index is -1.13. The quantitative estimate of drug-likeness (QED) is 0.792. The van der Waals surface area contributed by atoms with Crippen LogP contribution in [-0.2, 0) is 16.0 Å². The van der Waals surface area contributed by atoms with Crippen molar-refractivity contribution in [2.45, 2.75) is 38.1 Å². The maximum absolute atomic E-state index is 11.8. The molecule has 27 heavy (non-hydrogen) atoms. The molecule has 6 heteroatoms. The highest BCUT2D eigenvalue weighted by Crippen LogP contribution is 2.32. The Balaban J connectivity index is 1.79. The molecule has 1 aliphatic rings. The van der Waals surface area contributed by atoms with Gasteiger partial charge in [0, 0.05) is 11.4 Å². The third-order valence-corrected chi connectivity index (χ3v) is 5.02. The third-order valence-electron chi connectivity index (χ3n) is 4.65. The molecule has 0 spiro atoms. The van der Waals surface area contributed by atoms with Gasteiger partial charge in [0.25, 0.3) is 0 Å². The van der Waals surface area contributed by atoms with Gasteiger partial charge in [-0.3, -0.25) is 4.79 Å². The highest BCUT2D eigenvalue weighted by molar-refractivity contribution is 6.31. The Morgan fingerprint density at radius 3 is 2.63 bits per heavy atom. The molecule has 5 nitrogen and oxygen atoms in total. The van der Waals surface area contributed by atoms with Crippen LogP contribution in [0.4, 0.5) is 0 Å². The lowest BCUT2D eigenvalue weighted by Crippen LogP contribution is -2.43. The summed E-state index contributed by atoms with van der Waals surface area (Å²) in [5, 5.41) is 19.9. The monoisotopic (exact) mass is 390 g/mol. The lowest BCUT2D eigenvalue weighted by Gasteiger charge is -2.31. The number of ketones is 1. The summed E-state index contributed by atoms with van der Waals surface area (Å²) < 4.78 is 11.1. The smallest absolute Gasteiger partial charge is 0.192 e. The first-order valence-corrected chi connectivity index (χ1v) is 9.37. The molecule has 1 saturated heterocycles. The Bertz CT molecular complexity index is 790. The number of Topliss-reactive ketones (excluding diaryl/α,β-unsaturated/α-hetero) is 1. The zero-order valence-electron chi connectivity index (χ0n) is 15.1. The number of benzene rings is 2. The molecule has 0 bridgehead atoms. The van der Waals surface area contributed by atoms with Gasteiger partial charge in [0.2, 0.25) is 0 Å². The van der Waals surface area contributed by atoms with Crippen molar-refractivity contribution in [1.29, 1.82) is 0 Å². The van der Waals surface area contributed by atoms with E-state index in [-0.39, 0.29) is 6.42 Å². The predicted molar refractivity (Wildman–Crippen MR) is 102 cm³/mol. The summed E-state index contributed by atoms with van der Waals surface area (Å²) >= 11 is 6.36. The number of rotatable bonds is 6. The predicted octanol–water partition coefficient (Wildman–Crippen LogP) is 3.08. The Kier molecular flexibility index (Phi) is 6.50. The van der Waals surface area contributed by atoms with Gasteiger partial charge in [-0.2, -0.15) is 0 Å². The van der Waals surface area contributed by atoms with Gasteiger partial charge in [0.05, 0.1) is 19.3 Å². The Morgan fingerprint density at radius 1 is 1.22 bits per heavy atom. The van der Waals surface area contributed by atoms with Crippen molar-refractivity contribution < 1.29 is 24.5 Å². The van der Waals surface area contributed by atoms with E-state index in [9.17, 15) is 15.0 Å². The fourth-order valence-corrected chi connectivity index (χ4v) is 3.41. The lowest BCUT2D eigenvalue weighted by atomic mass is 9.93. The van der Waals surface area contributed by atoms with Crippen LogP contribution in [0.3, 0.4) is 0 Å². The van der Waals surface area contributed by atoms with E-state index in [1.54, 1.807) is 6.07 Å². The minimum absolute atomic E-state index is 0.166. The van der Waals surface area contributed by atoms with Crippen LogP contribution in [0.15, 0.2) is 42.5 Å². The molecule has 3 atom stereocenters. The maximum atomic E-state index is 11.8. The van der Waals surface area contributed by atoms with E-state index in [1.165, 1.54) is 0 Å². The van der Waals surface area contributed by atoms with Crippen molar-refractivity contribution in [3.63, 3.8) is 0 Å². The van der Waals surface area contributed by atoms with Gasteiger partial charge >= 0.3 is 0 Å². The first-order valence-electron chi connectivity index (χ1n) is 9.00. The molecule has 1 fully saturated rings. The van der Waals surface area contributed by atoms with Crippen LogP contribution in [0.2, 0.25) is 5.02 Å². The summed E-state index contributed by atoms with van der Waals surface area (Å²) in [6.45, 7) is 2.12. The first kappa shape index (κ1) is 19.8. The molecular weight excluding hydrogens is 368 g/mol.